The zero-order chi connectivity index (χ0) is 16.9. The van der Waals surface area contributed by atoms with Crippen LogP contribution in [-0.2, 0) is 11.3 Å². The lowest BCUT2D eigenvalue weighted by Gasteiger charge is -2.15. The summed E-state index contributed by atoms with van der Waals surface area (Å²) in [4.78, 5) is 12.2. The van der Waals surface area contributed by atoms with E-state index in [4.69, 9.17) is 4.74 Å². The molecule has 0 aliphatic heterocycles. The van der Waals surface area contributed by atoms with Crippen molar-refractivity contribution in [3.8, 4) is 5.75 Å². The minimum Gasteiger partial charge on any atom is -0.481 e. The molecule has 1 N–H and O–H groups in total. The van der Waals surface area contributed by atoms with Gasteiger partial charge in [0.15, 0.2) is 6.10 Å². The highest BCUT2D eigenvalue weighted by molar-refractivity contribution is 5.83. The molecule has 0 heterocycles. The maximum Gasteiger partial charge on any atom is 0.261 e. The van der Waals surface area contributed by atoms with E-state index in [0.29, 0.717) is 12.3 Å². The second-order valence-electron chi connectivity index (χ2n) is 5.98. The first-order chi connectivity index (χ1) is 11.6. The molecule has 3 aromatic carbocycles. The summed E-state index contributed by atoms with van der Waals surface area (Å²) >= 11 is 0. The van der Waals surface area contributed by atoms with E-state index in [1.54, 1.807) is 6.92 Å². The van der Waals surface area contributed by atoms with Gasteiger partial charge in [0.1, 0.15) is 5.75 Å². The van der Waals surface area contributed by atoms with Gasteiger partial charge in [-0.2, -0.15) is 0 Å². The molecule has 0 aliphatic carbocycles. The molecule has 3 aromatic rings. The molecule has 3 nitrogen and oxygen atoms in total. The van der Waals surface area contributed by atoms with E-state index in [2.05, 4.69) is 29.6 Å². The zero-order valence-electron chi connectivity index (χ0n) is 14.0. The summed E-state index contributed by atoms with van der Waals surface area (Å²) in [6.45, 7) is 4.25. The fourth-order valence-corrected chi connectivity index (χ4v) is 2.63. The molecule has 1 atom stereocenters. The first kappa shape index (κ1) is 16.1. The summed E-state index contributed by atoms with van der Waals surface area (Å²) in [7, 11) is 0. The van der Waals surface area contributed by atoms with Crippen LogP contribution in [0, 0.1) is 6.92 Å². The molecule has 1 amide bonds. The summed E-state index contributed by atoms with van der Waals surface area (Å²) in [5.74, 6) is 0.591. The van der Waals surface area contributed by atoms with Crippen molar-refractivity contribution >= 4 is 16.7 Å². The van der Waals surface area contributed by atoms with Crippen LogP contribution in [-0.4, -0.2) is 12.0 Å². The standard InChI is InChI=1S/C21H21NO2/c1-15-6-5-9-20(12-15)24-16(2)21(23)22-14-17-10-11-18-7-3-4-8-19(18)13-17/h3-13,16H,14H2,1-2H3,(H,22,23)/t16-/m1/s1. The quantitative estimate of drug-likeness (QED) is 0.764. The van der Waals surface area contributed by atoms with Crippen molar-refractivity contribution in [3.05, 3.63) is 77.9 Å². The Morgan fingerprint density at radius 2 is 1.79 bits per heavy atom. The number of carbonyl (C=O) groups excluding carboxylic acids is 1. The Labute approximate surface area is 142 Å². The lowest BCUT2D eigenvalue weighted by atomic mass is 10.1. The van der Waals surface area contributed by atoms with Crippen LogP contribution in [0.2, 0.25) is 0 Å². The van der Waals surface area contributed by atoms with E-state index < -0.39 is 6.10 Å². The monoisotopic (exact) mass is 319 g/mol. The van der Waals surface area contributed by atoms with Crippen molar-refractivity contribution in [2.24, 2.45) is 0 Å². The first-order valence-corrected chi connectivity index (χ1v) is 8.10. The van der Waals surface area contributed by atoms with Crippen molar-refractivity contribution in [2.45, 2.75) is 26.5 Å². The average Bonchev–Trinajstić information content (AvgIpc) is 2.59. The molecule has 122 valence electrons. The van der Waals surface area contributed by atoms with Crippen LogP contribution < -0.4 is 10.1 Å². The van der Waals surface area contributed by atoms with E-state index in [1.165, 1.54) is 10.8 Å². The number of ether oxygens (including phenoxy) is 1. The van der Waals surface area contributed by atoms with Crippen LogP contribution in [0.3, 0.4) is 0 Å². The van der Waals surface area contributed by atoms with Gasteiger partial charge in [0.25, 0.3) is 5.91 Å². The number of amides is 1. The lowest BCUT2D eigenvalue weighted by Crippen LogP contribution is -2.35. The Kier molecular flexibility index (Phi) is 4.80. The third kappa shape index (κ3) is 3.93. The molecule has 0 bridgehead atoms. The van der Waals surface area contributed by atoms with Crippen molar-refractivity contribution in [2.75, 3.05) is 0 Å². The predicted octanol–water partition coefficient (Wildman–Crippen LogP) is 4.23. The Morgan fingerprint density at radius 1 is 1.00 bits per heavy atom. The van der Waals surface area contributed by atoms with E-state index in [9.17, 15) is 4.79 Å². The van der Waals surface area contributed by atoms with Gasteiger partial charge < -0.3 is 10.1 Å². The third-order valence-corrected chi connectivity index (χ3v) is 3.95. The molecule has 3 heteroatoms. The molecule has 24 heavy (non-hydrogen) atoms. The summed E-state index contributed by atoms with van der Waals surface area (Å²) < 4.78 is 5.70. The fourth-order valence-electron chi connectivity index (χ4n) is 2.63. The molecule has 3 rings (SSSR count). The predicted molar refractivity (Wildman–Crippen MR) is 97.1 cm³/mol. The third-order valence-electron chi connectivity index (χ3n) is 3.95. The van der Waals surface area contributed by atoms with E-state index in [0.717, 1.165) is 11.1 Å². The molecule has 0 unspecified atom stereocenters. The van der Waals surface area contributed by atoms with E-state index in [1.807, 2.05) is 49.4 Å². The van der Waals surface area contributed by atoms with Crippen molar-refractivity contribution < 1.29 is 9.53 Å². The largest absolute Gasteiger partial charge is 0.481 e. The molecule has 0 aromatic heterocycles. The summed E-state index contributed by atoms with van der Waals surface area (Å²) in [6, 6.07) is 22.1. The second-order valence-corrected chi connectivity index (χ2v) is 5.98. The van der Waals surface area contributed by atoms with Crippen LogP contribution in [0.1, 0.15) is 18.1 Å². The van der Waals surface area contributed by atoms with Crippen molar-refractivity contribution in [1.29, 1.82) is 0 Å². The van der Waals surface area contributed by atoms with Gasteiger partial charge in [-0.25, -0.2) is 0 Å². The first-order valence-electron chi connectivity index (χ1n) is 8.10. The molecular weight excluding hydrogens is 298 g/mol. The van der Waals surface area contributed by atoms with Crippen molar-refractivity contribution in [1.82, 2.24) is 5.32 Å². The van der Waals surface area contributed by atoms with Gasteiger partial charge in [0.05, 0.1) is 0 Å². The summed E-state index contributed by atoms with van der Waals surface area (Å²) in [5.41, 5.74) is 2.18. The van der Waals surface area contributed by atoms with Crippen LogP contribution in [0.4, 0.5) is 0 Å². The molecule has 0 spiro atoms. The number of carbonyl (C=O) groups is 1. The van der Waals surface area contributed by atoms with Crippen LogP contribution >= 0.6 is 0 Å². The van der Waals surface area contributed by atoms with Crippen LogP contribution in [0.15, 0.2) is 66.7 Å². The highest BCUT2D eigenvalue weighted by Crippen LogP contribution is 2.16. The van der Waals surface area contributed by atoms with Gasteiger partial charge in [0.2, 0.25) is 0 Å². The zero-order valence-corrected chi connectivity index (χ0v) is 14.0. The van der Waals surface area contributed by atoms with E-state index in [-0.39, 0.29) is 5.91 Å². The highest BCUT2D eigenvalue weighted by atomic mass is 16.5. The Hall–Kier alpha value is -2.81. The minimum absolute atomic E-state index is 0.121. The molecule has 0 fully saturated rings. The van der Waals surface area contributed by atoms with Crippen LogP contribution in [0.5, 0.6) is 5.75 Å². The molecule has 0 saturated carbocycles. The SMILES string of the molecule is Cc1cccc(O[C@H](C)C(=O)NCc2ccc3ccccc3c2)c1. The average molecular weight is 319 g/mol. The lowest BCUT2D eigenvalue weighted by molar-refractivity contribution is -0.127. The normalized spacial score (nSPS) is 11.9. The maximum absolute atomic E-state index is 12.2. The molecule has 0 saturated heterocycles. The Morgan fingerprint density at radius 3 is 2.58 bits per heavy atom. The number of benzene rings is 3. The maximum atomic E-state index is 12.2. The molecular formula is C21H21NO2. The van der Waals surface area contributed by atoms with Gasteiger partial charge in [-0.1, -0.05) is 48.5 Å². The van der Waals surface area contributed by atoms with Crippen molar-refractivity contribution in [3.63, 3.8) is 0 Å². The number of hydrogen-bond donors (Lipinski definition) is 1. The minimum atomic E-state index is -0.535. The summed E-state index contributed by atoms with van der Waals surface area (Å²) in [6.07, 6.45) is -0.535. The van der Waals surface area contributed by atoms with E-state index >= 15 is 0 Å². The smallest absolute Gasteiger partial charge is 0.261 e. The molecule has 0 aliphatic rings. The number of hydrogen-bond acceptors (Lipinski definition) is 2. The fraction of sp³-hybridized carbons (Fsp3) is 0.190. The topological polar surface area (TPSA) is 38.3 Å². The Bertz CT molecular complexity index is 857. The Balaban J connectivity index is 1.59. The number of rotatable bonds is 5. The number of aryl methyl sites for hydroxylation is 1. The molecule has 0 radical (unpaired) electrons. The van der Waals surface area contributed by atoms with Gasteiger partial charge in [-0.3, -0.25) is 4.79 Å². The summed E-state index contributed by atoms with van der Waals surface area (Å²) in [5, 5.41) is 5.31. The van der Waals surface area contributed by atoms with Gasteiger partial charge in [-0.05, 0) is 53.9 Å². The van der Waals surface area contributed by atoms with Gasteiger partial charge in [-0.15, -0.1) is 0 Å². The number of fused-ring (bicyclic) bond motifs is 1. The van der Waals surface area contributed by atoms with Crippen LogP contribution in [0.25, 0.3) is 10.8 Å². The highest BCUT2D eigenvalue weighted by Gasteiger charge is 2.14. The van der Waals surface area contributed by atoms with Gasteiger partial charge >= 0.3 is 0 Å². The number of nitrogens with one attached hydrogen (secondary N) is 1. The second kappa shape index (κ2) is 7.18. The van der Waals surface area contributed by atoms with Gasteiger partial charge in [0, 0.05) is 6.54 Å².